The van der Waals surface area contributed by atoms with Gasteiger partial charge in [-0.15, -0.1) is 11.3 Å². The van der Waals surface area contributed by atoms with Gasteiger partial charge >= 0.3 is 0 Å². The molecule has 1 amide bonds. The number of aliphatic hydroxyl groups excluding tert-OH is 1. The summed E-state index contributed by atoms with van der Waals surface area (Å²) >= 11 is 1.26. The summed E-state index contributed by atoms with van der Waals surface area (Å²) in [7, 11) is -1.91. The number of rotatable bonds is 13. The Balaban J connectivity index is 1.50. The molecule has 2 aromatic carbocycles. The maximum atomic E-state index is 13.4. The number of hydrogen-bond acceptors (Lipinski definition) is 8. The van der Waals surface area contributed by atoms with Crippen molar-refractivity contribution in [2.75, 3.05) is 19.4 Å². The minimum atomic E-state index is -3.46. The summed E-state index contributed by atoms with van der Waals surface area (Å²) < 4.78 is 29.8. The number of Topliss-reactive ketones (excluding diaryl/α,β-unsaturated/α-hetero) is 1. The molecule has 38 heavy (non-hydrogen) atoms. The Morgan fingerprint density at radius 2 is 1.82 bits per heavy atom. The monoisotopic (exact) mass is 556 g/mol. The first-order valence-electron chi connectivity index (χ1n) is 12.5. The van der Waals surface area contributed by atoms with Gasteiger partial charge in [0.15, 0.2) is 21.7 Å². The van der Waals surface area contributed by atoms with Gasteiger partial charge in [-0.2, -0.15) is 0 Å². The van der Waals surface area contributed by atoms with Crippen LogP contribution in [0.15, 0.2) is 54.6 Å². The zero-order chi connectivity index (χ0) is 27.3. The fraction of sp³-hybridized carbons (Fsp3) is 0.393. The number of amides is 1. The van der Waals surface area contributed by atoms with E-state index in [1.807, 2.05) is 30.3 Å². The van der Waals surface area contributed by atoms with Gasteiger partial charge in [0.25, 0.3) is 5.91 Å². The van der Waals surface area contributed by atoms with E-state index in [9.17, 15) is 23.1 Å². The fourth-order valence-corrected chi connectivity index (χ4v) is 6.78. The number of hydrogen-bond donors (Lipinski definition) is 1. The van der Waals surface area contributed by atoms with E-state index in [-0.39, 0.29) is 12.2 Å². The Morgan fingerprint density at radius 3 is 2.45 bits per heavy atom. The number of methoxy groups -OCH3 is 1. The van der Waals surface area contributed by atoms with E-state index in [4.69, 9.17) is 4.74 Å². The number of ketones is 1. The van der Waals surface area contributed by atoms with Crippen molar-refractivity contribution in [1.82, 2.24) is 9.88 Å². The Kier molecular flexibility index (Phi) is 8.96. The van der Waals surface area contributed by atoms with Crippen LogP contribution in [-0.2, 0) is 27.6 Å². The van der Waals surface area contributed by atoms with Gasteiger partial charge < -0.3 is 14.7 Å². The summed E-state index contributed by atoms with van der Waals surface area (Å²) in [4.78, 5) is 32.8. The largest absolute Gasteiger partial charge is 0.497 e. The maximum absolute atomic E-state index is 13.4. The SMILES string of the molecule is COc1ccc([C@@H](O)C(=O)N(CCCc2ccccc2)Cc2nc(C(=O)CS(=O)(=O)C3CC3)c(C)s2)cc1. The van der Waals surface area contributed by atoms with Crippen LogP contribution in [0.25, 0.3) is 0 Å². The number of ether oxygens (including phenoxy) is 1. The standard InChI is InChI=1S/C28H32N2O6S2/c1-19-26(24(31)18-38(34,35)23-14-15-23)29-25(37-19)17-30(16-6-9-20-7-4-3-5-8-20)28(33)27(32)21-10-12-22(36-2)13-11-21/h3-5,7-8,10-13,23,27,32H,6,9,14-18H2,1-2H3/t27-/m1/s1. The van der Waals surface area contributed by atoms with Crippen molar-refractivity contribution >= 4 is 32.9 Å². The number of carbonyl (C=O) groups is 2. The molecule has 8 nitrogen and oxygen atoms in total. The molecule has 1 saturated carbocycles. The highest BCUT2D eigenvalue weighted by Gasteiger charge is 2.37. The molecule has 1 N–H and O–H groups in total. The number of sulfone groups is 1. The normalized spacial score (nSPS) is 14.2. The summed E-state index contributed by atoms with van der Waals surface area (Å²) in [5, 5.41) is 11.0. The molecule has 1 atom stereocenters. The van der Waals surface area contributed by atoms with Gasteiger partial charge in [0.2, 0.25) is 0 Å². The minimum Gasteiger partial charge on any atom is -0.497 e. The average Bonchev–Trinajstić information content (AvgIpc) is 3.71. The van der Waals surface area contributed by atoms with E-state index < -0.39 is 38.6 Å². The molecule has 0 bridgehead atoms. The predicted molar refractivity (Wildman–Crippen MR) is 146 cm³/mol. The number of aromatic nitrogens is 1. The third-order valence-electron chi connectivity index (χ3n) is 6.51. The van der Waals surface area contributed by atoms with Crippen LogP contribution in [0.5, 0.6) is 5.75 Å². The molecule has 1 fully saturated rings. The second kappa shape index (κ2) is 12.2. The van der Waals surface area contributed by atoms with Crippen LogP contribution in [0, 0.1) is 6.92 Å². The smallest absolute Gasteiger partial charge is 0.256 e. The van der Waals surface area contributed by atoms with Crippen LogP contribution >= 0.6 is 11.3 Å². The van der Waals surface area contributed by atoms with Crippen molar-refractivity contribution in [1.29, 1.82) is 0 Å². The molecular weight excluding hydrogens is 524 g/mol. The van der Waals surface area contributed by atoms with Gasteiger partial charge in [-0.25, -0.2) is 13.4 Å². The van der Waals surface area contributed by atoms with Crippen molar-refractivity contribution in [3.8, 4) is 5.75 Å². The van der Waals surface area contributed by atoms with E-state index in [1.165, 1.54) is 11.3 Å². The van der Waals surface area contributed by atoms with Crippen molar-refractivity contribution in [3.63, 3.8) is 0 Å². The Labute approximate surface area is 227 Å². The molecule has 4 rings (SSSR count). The Morgan fingerprint density at radius 1 is 1.13 bits per heavy atom. The number of aliphatic hydroxyl groups is 1. The molecule has 0 saturated heterocycles. The second-order valence-corrected chi connectivity index (χ2v) is 13.0. The van der Waals surface area contributed by atoms with Gasteiger partial charge in [-0.1, -0.05) is 42.5 Å². The van der Waals surface area contributed by atoms with Gasteiger partial charge in [0.1, 0.15) is 22.2 Å². The van der Waals surface area contributed by atoms with Crippen molar-refractivity contribution in [2.24, 2.45) is 0 Å². The maximum Gasteiger partial charge on any atom is 0.256 e. The number of aryl methyl sites for hydroxylation is 2. The Bertz CT molecular complexity index is 1370. The van der Waals surface area contributed by atoms with E-state index in [2.05, 4.69) is 4.98 Å². The second-order valence-electron chi connectivity index (χ2n) is 9.47. The van der Waals surface area contributed by atoms with Crippen molar-refractivity contribution in [2.45, 2.75) is 50.5 Å². The quantitative estimate of drug-likeness (QED) is 0.318. The van der Waals surface area contributed by atoms with Crippen molar-refractivity contribution < 1.29 is 27.9 Å². The Hall–Kier alpha value is -3.08. The lowest BCUT2D eigenvalue weighted by molar-refractivity contribution is -0.141. The summed E-state index contributed by atoms with van der Waals surface area (Å²) in [6, 6.07) is 16.6. The van der Waals surface area contributed by atoms with Crippen LogP contribution in [0.2, 0.25) is 0 Å². The summed E-state index contributed by atoms with van der Waals surface area (Å²) in [6.07, 6.45) is 1.26. The number of benzene rings is 2. The first kappa shape index (κ1) is 27.9. The van der Waals surface area contributed by atoms with Crippen LogP contribution < -0.4 is 4.74 Å². The lowest BCUT2D eigenvalue weighted by atomic mass is 10.1. The highest BCUT2D eigenvalue weighted by Crippen LogP contribution is 2.30. The average molecular weight is 557 g/mol. The molecule has 1 aliphatic carbocycles. The molecule has 10 heteroatoms. The van der Waals surface area contributed by atoms with Crippen LogP contribution in [0.4, 0.5) is 0 Å². The van der Waals surface area contributed by atoms with Crippen LogP contribution in [-0.4, -0.2) is 59.8 Å². The zero-order valence-corrected chi connectivity index (χ0v) is 23.1. The third-order valence-corrected chi connectivity index (χ3v) is 9.62. The predicted octanol–water partition coefficient (Wildman–Crippen LogP) is 3.92. The van der Waals surface area contributed by atoms with Crippen LogP contribution in [0.1, 0.15) is 56.9 Å². The molecule has 202 valence electrons. The molecule has 0 unspecified atom stereocenters. The third kappa shape index (κ3) is 7.06. The minimum absolute atomic E-state index is 0.106. The number of nitrogens with zero attached hydrogens (tertiary/aromatic N) is 2. The first-order chi connectivity index (χ1) is 18.2. The van der Waals surface area contributed by atoms with Gasteiger partial charge in [-0.3, -0.25) is 9.59 Å². The molecule has 1 heterocycles. The van der Waals surface area contributed by atoms with E-state index in [1.54, 1.807) is 43.2 Å². The highest BCUT2D eigenvalue weighted by molar-refractivity contribution is 7.93. The molecular formula is C28H32N2O6S2. The number of thiazole rings is 1. The molecule has 1 aromatic heterocycles. The van der Waals surface area contributed by atoms with Gasteiger partial charge in [-0.05, 0) is 55.9 Å². The van der Waals surface area contributed by atoms with Gasteiger partial charge in [0.05, 0.1) is 18.9 Å². The topological polar surface area (TPSA) is 114 Å². The molecule has 0 spiro atoms. The van der Waals surface area contributed by atoms with Crippen LogP contribution in [0.3, 0.4) is 0 Å². The van der Waals surface area contributed by atoms with E-state index in [0.717, 1.165) is 12.0 Å². The van der Waals surface area contributed by atoms with Crippen molar-refractivity contribution in [3.05, 3.63) is 81.3 Å². The molecule has 3 aromatic rings. The summed E-state index contributed by atoms with van der Waals surface area (Å²) in [6.45, 7) is 2.21. The summed E-state index contributed by atoms with van der Waals surface area (Å²) in [5.41, 5.74) is 1.73. The number of carbonyl (C=O) groups excluding carboxylic acids is 2. The van der Waals surface area contributed by atoms with E-state index in [0.29, 0.717) is 47.0 Å². The lowest BCUT2D eigenvalue weighted by Crippen LogP contribution is -2.35. The zero-order valence-electron chi connectivity index (χ0n) is 21.5. The lowest BCUT2D eigenvalue weighted by Gasteiger charge is -2.25. The summed E-state index contributed by atoms with van der Waals surface area (Å²) in [5.74, 6) is -0.915. The van der Waals surface area contributed by atoms with E-state index >= 15 is 0 Å². The molecule has 0 radical (unpaired) electrons. The molecule has 1 aliphatic rings. The first-order valence-corrected chi connectivity index (χ1v) is 15.1. The molecule has 0 aliphatic heterocycles. The highest BCUT2D eigenvalue weighted by atomic mass is 32.2. The van der Waals surface area contributed by atoms with Gasteiger partial charge in [0, 0.05) is 11.4 Å². The fourth-order valence-electron chi connectivity index (χ4n) is 4.22.